The van der Waals surface area contributed by atoms with Crippen molar-refractivity contribution < 1.29 is 24.2 Å². The molecule has 3 N–H and O–H groups in total. The maximum absolute atomic E-state index is 13.4. The van der Waals surface area contributed by atoms with Crippen LogP contribution in [0.2, 0.25) is 5.02 Å². The van der Waals surface area contributed by atoms with Crippen LogP contribution in [0.4, 0.5) is 5.69 Å². The van der Waals surface area contributed by atoms with Gasteiger partial charge in [-0.05, 0) is 25.0 Å². The summed E-state index contributed by atoms with van der Waals surface area (Å²) in [6.45, 7) is 2.12. The highest BCUT2D eigenvalue weighted by Crippen LogP contribution is 2.60. The Labute approximate surface area is 193 Å². The number of rotatable bonds is 7. The van der Waals surface area contributed by atoms with Crippen molar-refractivity contribution in [2.75, 3.05) is 25.0 Å². The van der Waals surface area contributed by atoms with Crippen molar-refractivity contribution in [2.24, 2.45) is 11.8 Å². The zero-order valence-electron chi connectivity index (χ0n) is 17.0. The summed E-state index contributed by atoms with van der Waals surface area (Å²) in [5, 5.41) is 15.6. The molecule has 2 bridgehead atoms. The van der Waals surface area contributed by atoms with E-state index >= 15 is 0 Å². The number of hydrogen-bond donors (Lipinski definition) is 3. The average Bonchev–Trinajstić information content (AvgIpc) is 3.32. The lowest BCUT2D eigenvalue weighted by Crippen LogP contribution is -2.54. The molecule has 3 saturated heterocycles. The number of ether oxygens (including phenoxy) is 1. The van der Waals surface area contributed by atoms with Gasteiger partial charge in [0.1, 0.15) is 11.6 Å². The largest absolute Gasteiger partial charge is 0.395 e. The van der Waals surface area contributed by atoms with Crippen molar-refractivity contribution in [3.05, 3.63) is 29.3 Å². The predicted molar refractivity (Wildman–Crippen MR) is 118 cm³/mol. The van der Waals surface area contributed by atoms with Gasteiger partial charge in [-0.2, -0.15) is 0 Å². The van der Waals surface area contributed by atoms with E-state index in [-0.39, 0.29) is 29.8 Å². The Bertz CT molecular complexity index is 902. The van der Waals surface area contributed by atoms with Crippen LogP contribution >= 0.6 is 27.5 Å². The number of aliphatic hydroxyl groups is 1. The Kier molecular flexibility index (Phi) is 6.31. The summed E-state index contributed by atoms with van der Waals surface area (Å²) in [4.78, 5) is 41.0. The Morgan fingerprint density at radius 2 is 2.10 bits per heavy atom. The number of alkyl halides is 1. The topological polar surface area (TPSA) is 108 Å². The van der Waals surface area contributed by atoms with Crippen LogP contribution in [0.3, 0.4) is 0 Å². The van der Waals surface area contributed by atoms with E-state index in [1.54, 1.807) is 24.3 Å². The highest BCUT2D eigenvalue weighted by molar-refractivity contribution is 9.09. The number of fused-ring (bicyclic) bond motifs is 1. The molecule has 3 unspecified atom stereocenters. The third kappa shape index (κ3) is 3.55. The van der Waals surface area contributed by atoms with Gasteiger partial charge >= 0.3 is 0 Å². The number of likely N-dealkylation sites (tertiary alicyclic amines) is 1. The number of amides is 3. The molecular formula is C21H25BrClN3O5. The summed E-state index contributed by atoms with van der Waals surface area (Å²) in [6, 6.07) is 5.84. The van der Waals surface area contributed by atoms with Gasteiger partial charge in [0.25, 0.3) is 0 Å². The number of carbonyl (C=O) groups excluding carboxylic acids is 3. The van der Waals surface area contributed by atoms with Crippen molar-refractivity contribution in [1.82, 2.24) is 10.2 Å². The van der Waals surface area contributed by atoms with Crippen LogP contribution in [0.25, 0.3) is 0 Å². The fraction of sp³-hybridized carbons (Fsp3) is 0.571. The van der Waals surface area contributed by atoms with E-state index in [0.717, 1.165) is 6.42 Å². The molecule has 0 saturated carbocycles. The Hall–Kier alpha value is -1.68. The van der Waals surface area contributed by atoms with Crippen LogP contribution in [-0.2, 0) is 19.1 Å². The van der Waals surface area contributed by atoms with Gasteiger partial charge in [0, 0.05) is 17.9 Å². The number of para-hydroxylation sites is 1. The van der Waals surface area contributed by atoms with Crippen LogP contribution in [0, 0.1) is 11.8 Å². The maximum atomic E-state index is 13.4. The van der Waals surface area contributed by atoms with Gasteiger partial charge in [0.2, 0.25) is 17.7 Å². The van der Waals surface area contributed by atoms with E-state index in [4.69, 9.17) is 16.3 Å². The smallest absolute Gasteiger partial charge is 0.250 e. The summed E-state index contributed by atoms with van der Waals surface area (Å²) in [5.41, 5.74) is -0.726. The second-order valence-electron chi connectivity index (χ2n) is 8.18. The molecule has 4 rings (SSSR count). The fourth-order valence-corrected chi connectivity index (χ4v) is 6.33. The molecule has 0 aromatic heterocycles. The molecule has 3 fully saturated rings. The maximum Gasteiger partial charge on any atom is 0.250 e. The van der Waals surface area contributed by atoms with E-state index in [0.29, 0.717) is 23.7 Å². The van der Waals surface area contributed by atoms with Gasteiger partial charge in [-0.25, -0.2) is 0 Å². The first-order valence-electron chi connectivity index (χ1n) is 10.4. The lowest BCUT2D eigenvalue weighted by molar-refractivity contribution is -0.141. The zero-order valence-corrected chi connectivity index (χ0v) is 19.4. The second kappa shape index (κ2) is 8.69. The predicted octanol–water partition coefficient (Wildman–Crippen LogP) is 1.54. The minimum Gasteiger partial charge on any atom is -0.395 e. The Balaban J connectivity index is 1.70. The number of β-amino-alcohol motifs (C(OH)–C–C–N with tert-alkyl or cyclic N) is 1. The second-order valence-corrected chi connectivity index (χ2v) is 9.76. The van der Waals surface area contributed by atoms with Crippen LogP contribution in [-0.4, -0.2) is 70.0 Å². The van der Waals surface area contributed by atoms with Crippen molar-refractivity contribution >= 4 is 50.9 Å². The lowest BCUT2D eigenvalue weighted by atomic mass is 9.70. The summed E-state index contributed by atoms with van der Waals surface area (Å²) in [7, 11) is 0. The molecule has 10 heteroatoms. The van der Waals surface area contributed by atoms with Crippen molar-refractivity contribution in [2.45, 2.75) is 42.3 Å². The van der Waals surface area contributed by atoms with Crippen LogP contribution in [0.5, 0.6) is 0 Å². The number of aliphatic hydroxyl groups excluding tert-OH is 1. The molecule has 1 aromatic carbocycles. The summed E-state index contributed by atoms with van der Waals surface area (Å²) < 4.78 is 6.31. The van der Waals surface area contributed by atoms with Gasteiger partial charge in [-0.15, -0.1) is 0 Å². The van der Waals surface area contributed by atoms with E-state index in [1.165, 1.54) is 4.90 Å². The number of hydrogen-bond acceptors (Lipinski definition) is 5. The molecule has 31 heavy (non-hydrogen) atoms. The minimum absolute atomic E-state index is 0.0258. The summed E-state index contributed by atoms with van der Waals surface area (Å²) in [6.07, 6.45) is 0.678. The third-order valence-corrected chi connectivity index (χ3v) is 7.54. The third-order valence-electron chi connectivity index (χ3n) is 6.36. The standard InChI is InChI=1S/C21H25BrClN3O5/c1-2-7-24-18(28)14-15-20(30)26(8-9-27)17(21(15)10-11(22)16(14)31-21)19(29)25-13-6-4-3-5-12(13)23/h3-6,11,14-17,27H,2,7-10H2,1H3,(H,24,28)(H,25,29)/t11?,14-,15+,16-,17?,21?/m1/s1. The van der Waals surface area contributed by atoms with Crippen molar-refractivity contribution in [1.29, 1.82) is 0 Å². The van der Waals surface area contributed by atoms with Crippen LogP contribution in [0.15, 0.2) is 24.3 Å². The quantitative estimate of drug-likeness (QED) is 0.479. The molecule has 0 radical (unpaired) electrons. The monoisotopic (exact) mass is 513 g/mol. The van der Waals surface area contributed by atoms with Gasteiger partial charge < -0.3 is 25.4 Å². The molecule has 6 atom stereocenters. The van der Waals surface area contributed by atoms with E-state index in [2.05, 4.69) is 26.6 Å². The number of anilines is 1. The van der Waals surface area contributed by atoms with Gasteiger partial charge in [0.05, 0.1) is 35.3 Å². The molecule has 3 aliphatic heterocycles. The van der Waals surface area contributed by atoms with Gasteiger partial charge in [0.15, 0.2) is 0 Å². The molecule has 1 spiro atoms. The van der Waals surface area contributed by atoms with Crippen LogP contribution < -0.4 is 10.6 Å². The van der Waals surface area contributed by atoms with Crippen molar-refractivity contribution in [3.63, 3.8) is 0 Å². The lowest BCUT2D eigenvalue weighted by Gasteiger charge is -2.34. The SMILES string of the molecule is CCCNC(=O)[C@H]1[C@@H]2OC3(CC2Br)C(C(=O)Nc2ccccc2Cl)N(CCO)C(=O)[C@H]13. The van der Waals surface area contributed by atoms with Gasteiger partial charge in [-0.3, -0.25) is 14.4 Å². The molecule has 3 heterocycles. The number of nitrogens with one attached hydrogen (secondary N) is 2. The summed E-state index contributed by atoms with van der Waals surface area (Å²) >= 11 is 9.80. The first-order valence-corrected chi connectivity index (χ1v) is 11.7. The molecule has 3 aliphatic rings. The first kappa shape index (κ1) is 22.5. The highest BCUT2D eigenvalue weighted by atomic mass is 79.9. The Morgan fingerprint density at radius 3 is 2.77 bits per heavy atom. The Morgan fingerprint density at radius 1 is 1.35 bits per heavy atom. The van der Waals surface area contributed by atoms with Crippen LogP contribution in [0.1, 0.15) is 19.8 Å². The number of halogens is 2. The van der Waals surface area contributed by atoms with E-state index < -0.39 is 35.5 Å². The molecule has 1 aromatic rings. The molecule has 168 valence electrons. The summed E-state index contributed by atoms with van der Waals surface area (Å²) in [5.74, 6) is -2.51. The number of carbonyl (C=O) groups is 3. The van der Waals surface area contributed by atoms with E-state index in [1.807, 2.05) is 6.92 Å². The molecule has 0 aliphatic carbocycles. The first-order chi connectivity index (χ1) is 14.9. The molecule has 3 amide bonds. The average molecular weight is 515 g/mol. The highest BCUT2D eigenvalue weighted by Gasteiger charge is 2.76. The van der Waals surface area contributed by atoms with Gasteiger partial charge in [-0.1, -0.05) is 46.6 Å². The van der Waals surface area contributed by atoms with Crippen molar-refractivity contribution in [3.8, 4) is 0 Å². The fourth-order valence-electron chi connectivity index (χ4n) is 5.21. The van der Waals surface area contributed by atoms with E-state index in [9.17, 15) is 19.5 Å². The zero-order chi connectivity index (χ0) is 22.3. The minimum atomic E-state index is -1.15. The number of nitrogens with zero attached hydrogens (tertiary/aromatic N) is 1. The number of benzene rings is 1. The normalized spacial score (nSPS) is 33.5. The molecule has 8 nitrogen and oxygen atoms in total. The molecular weight excluding hydrogens is 490 g/mol.